The van der Waals surface area contributed by atoms with E-state index in [4.69, 9.17) is 4.74 Å². The smallest absolute Gasteiger partial charge is 0.130 e. The second-order valence-corrected chi connectivity index (χ2v) is 4.25. The monoisotopic (exact) mass is 230 g/mol. The van der Waals surface area contributed by atoms with Crippen molar-refractivity contribution >= 4 is 0 Å². The van der Waals surface area contributed by atoms with Gasteiger partial charge in [0.1, 0.15) is 17.3 Å². The molecule has 0 spiro atoms. The second kappa shape index (κ2) is 5.00. The molecule has 2 aromatic rings. The van der Waals surface area contributed by atoms with Gasteiger partial charge in [-0.3, -0.25) is 0 Å². The molecule has 2 rings (SSSR count). The molecular formula is C15H15FO. The van der Waals surface area contributed by atoms with Crippen LogP contribution < -0.4 is 4.74 Å². The zero-order chi connectivity index (χ0) is 12.3. The van der Waals surface area contributed by atoms with Crippen molar-refractivity contribution in [3.8, 4) is 11.5 Å². The van der Waals surface area contributed by atoms with Gasteiger partial charge >= 0.3 is 0 Å². The van der Waals surface area contributed by atoms with Crippen LogP contribution in [0.2, 0.25) is 0 Å². The Hall–Kier alpha value is -1.83. The van der Waals surface area contributed by atoms with Crippen LogP contribution in [0.3, 0.4) is 0 Å². The molecule has 0 aliphatic rings. The molecule has 0 saturated heterocycles. The Bertz CT molecular complexity index is 489. The number of benzene rings is 2. The molecule has 0 N–H and O–H groups in total. The fourth-order valence-electron chi connectivity index (χ4n) is 1.68. The highest BCUT2D eigenvalue weighted by Crippen LogP contribution is 2.30. The van der Waals surface area contributed by atoms with Gasteiger partial charge in [-0.1, -0.05) is 32.0 Å². The number of halogens is 1. The molecule has 0 aliphatic carbocycles. The third-order valence-corrected chi connectivity index (χ3v) is 2.58. The zero-order valence-corrected chi connectivity index (χ0v) is 9.98. The van der Waals surface area contributed by atoms with E-state index in [1.807, 2.05) is 24.3 Å². The summed E-state index contributed by atoms with van der Waals surface area (Å²) in [6, 6.07) is 14.0. The normalized spacial score (nSPS) is 10.6. The van der Waals surface area contributed by atoms with Crippen LogP contribution in [0.1, 0.15) is 25.3 Å². The van der Waals surface area contributed by atoms with E-state index in [0.29, 0.717) is 11.7 Å². The average Bonchev–Trinajstić information content (AvgIpc) is 2.32. The van der Waals surface area contributed by atoms with Gasteiger partial charge in [0.2, 0.25) is 0 Å². The van der Waals surface area contributed by atoms with Crippen molar-refractivity contribution in [1.82, 2.24) is 0 Å². The minimum absolute atomic E-state index is 0.255. The lowest BCUT2D eigenvalue weighted by Crippen LogP contribution is -1.93. The van der Waals surface area contributed by atoms with E-state index in [0.717, 1.165) is 11.3 Å². The van der Waals surface area contributed by atoms with Crippen LogP contribution in [0.4, 0.5) is 4.39 Å². The quantitative estimate of drug-likeness (QED) is 0.739. The maximum absolute atomic E-state index is 12.8. The summed E-state index contributed by atoms with van der Waals surface area (Å²) >= 11 is 0. The Morgan fingerprint density at radius 2 is 1.59 bits per heavy atom. The number of hydrogen-bond acceptors (Lipinski definition) is 1. The van der Waals surface area contributed by atoms with E-state index >= 15 is 0 Å². The lowest BCUT2D eigenvalue weighted by Gasteiger charge is -2.13. The maximum Gasteiger partial charge on any atom is 0.130 e. The number of rotatable bonds is 3. The molecule has 0 aliphatic heterocycles. The third kappa shape index (κ3) is 2.84. The van der Waals surface area contributed by atoms with E-state index < -0.39 is 0 Å². The molecule has 0 fully saturated rings. The van der Waals surface area contributed by atoms with Gasteiger partial charge in [-0.15, -0.1) is 0 Å². The van der Waals surface area contributed by atoms with Crippen molar-refractivity contribution < 1.29 is 9.13 Å². The molecule has 0 amide bonds. The van der Waals surface area contributed by atoms with Crippen LogP contribution in [-0.2, 0) is 0 Å². The van der Waals surface area contributed by atoms with Gasteiger partial charge in [0.25, 0.3) is 0 Å². The highest BCUT2D eigenvalue weighted by atomic mass is 19.1. The predicted molar refractivity (Wildman–Crippen MR) is 67.0 cm³/mol. The van der Waals surface area contributed by atoms with Gasteiger partial charge in [0, 0.05) is 0 Å². The first-order chi connectivity index (χ1) is 8.16. The van der Waals surface area contributed by atoms with Crippen LogP contribution in [0.5, 0.6) is 11.5 Å². The van der Waals surface area contributed by atoms with Crippen LogP contribution in [0.15, 0.2) is 48.5 Å². The molecule has 0 saturated carbocycles. The predicted octanol–water partition coefficient (Wildman–Crippen LogP) is 4.74. The van der Waals surface area contributed by atoms with E-state index in [1.54, 1.807) is 12.1 Å². The summed E-state index contributed by atoms with van der Waals surface area (Å²) in [6.07, 6.45) is 0. The Balaban J connectivity index is 2.26. The zero-order valence-electron chi connectivity index (χ0n) is 9.98. The minimum atomic E-state index is -0.255. The van der Waals surface area contributed by atoms with Crippen LogP contribution in [0, 0.1) is 5.82 Å². The molecule has 2 aromatic carbocycles. The van der Waals surface area contributed by atoms with Crippen molar-refractivity contribution in [2.75, 3.05) is 0 Å². The molecule has 1 nitrogen and oxygen atoms in total. The van der Waals surface area contributed by atoms with Crippen molar-refractivity contribution in [2.45, 2.75) is 19.8 Å². The van der Waals surface area contributed by atoms with Crippen molar-refractivity contribution in [3.63, 3.8) is 0 Å². The summed E-state index contributed by atoms with van der Waals surface area (Å²) < 4.78 is 18.5. The van der Waals surface area contributed by atoms with Crippen LogP contribution in [0.25, 0.3) is 0 Å². The molecule has 0 unspecified atom stereocenters. The highest BCUT2D eigenvalue weighted by molar-refractivity contribution is 5.39. The van der Waals surface area contributed by atoms with E-state index in [2.05, 4.69) is 13.8 Å². The number of ether oxygens (including phenoxy) is 1. The Morgan fingerprint density at radius 1 is 0.941 bits per heavy atom. The van der Waals surface area contributed by atoms with Gasteiger partial charge in [0.05, 0.1) is 0 Å². The van der Waals surface area contributed by atoms with Gasteiger partial charge in [0.15, 0.2) is 0 Å². The largest absolute Gasteiger partial charge is 0.457 e. The summed E-state index contributed by atoms with van der Waals surface area (Å²) in [7, 11) is 0. The second-order valence-electron chi connectivity index (χ2n) is 4.25. The standard InChI is InChI=1S/C15H15FO/c1-11(2)14-5-3-4-6-15(14)17-13-9-7-12(16)8-10-13/h3-11H,1-2H3. The molecule has 17 heavy (non-hydrogen) atoms. The molecule has 88 valence electrons. The summed E-state index contributed by atoms with van der Waals surface area (Å²) in [5.74, 6) is 1.62. The minimum Gasteiger partial charge on any atom is -0.457 e. The van der Waals surface area contributed by atoms with Crippen LogP contribution in [-0.4, -0.2) is 0 Å². The SMILES string of the molecule is CC(C)c1ccccc1Oc1ccc(F)cc1. The van der Waals surface area contributed by atoms with Crippen LogP contribution >= 0.6 is 0 Å². The summed E-state index contributed by atoms with van der Waals surface area (Å²) in [5, 5.41) is 0. The van der Waals surface area contributed by atoms with Gasteiger partial charge in [-0.05, 0) is 41.8 Å². The van der Waals surface area contributed by atoms with Crippen molar-refractivity contribution in [2.24, 2.45) is 0 Å². The number of para-hydroxylation sites is 1. The molecular weight excluding hydrogens is 215 g/mol. The van der Waals surface area contributed by atoms with Gasteiger partial charge in [-0.2, -0.15) is 0 Å². The van der Waals surface area contributed by atoms with Crippen molar-refractivity contribution in [1.29, 1.82) is 0 Å². The van der Waals surface area contributed by atoms with E-state index in [1.165, 1.54) is 12.1 Å². The number of hydrogen-bond donors (Lipinski definition) is 0. The Labute approximate surface area is 101 Å². The molecule has 0 heterocycles. The Morgan fingerprint density at radius 3 is 2.24 bits per heavy atom. The van der Waals surface area contributed by atoms with E-state index in [9.17, 15) is 4.39 Å². The first-order valence-electron chi connectivity index (χ1n) is 5.69. The van der Waals surface area contributed by atoms with Gasteiger partial charge < -0.3 is 4.74 Å². The third-order valence-electron chi connectivity index (χ3n) is 2.58. The van der Waals surface area contributed by atoms with Gasteiger partial charge in [-0.25, -0.2) is 4.39 Å². The average molecular weight is 230 g/mol. The lowest BCUT2D eigenvalue weighted by molar-refractivity contribution is 0.471. The fourth-order valence-corrected chi connectivity index (χ4v) is 1.68. The van der Waals surface area contributed by atoms with Crippen molar-refractivity contribution in [3.05, 3.63) is 59.9 Å². The summed E-state index contributed by atoms with van der Waals surface area (Å²) in [5.41, 5.74) is 1.15. The maximum atomic E-state index is 12.8. The molecule has 0 bridgehead atoms. The fraction of sp³-hybridized carbons (Fsp3) is 0.200. The first-order valence-corrected chi connectivity index (χ1v) is 5.69. The topological polar surface area (TPSA) is 9.23 Å². The summed E-state index contributed by atoms with van der Waals surface area (Å²) in [4.78, 5) is 0. The van der Waals surface area contributed by atoms with E-state index in [-0.39, 0.29) is 5.82 Å². The molecule has 0 radical (unpaired) electrons. The molecule has 0 atom stereocenters. The highest BCUT2D eigenvalue weighted by Gasteiger charge is 2.07. The molecule has 2 heteroatoms. The first kappa shape index (κ1) is 11.6. The Kier molecular flexibility index (Phi) is 3.43. The lowest BCUT2D eigenvalue weighted by atomic mass is 10.0. The summed E-state index contributed by atoms with van der Waals surface area (Å²) in [6.45, 7) is 4.24. The molecule has 0 aromatic heterocycles.